The third kappa shape index (κ3) is 3.82. The first-order valence-electron chi connectivity index (χ1n) is 6.51. The van der Waals surface area contributed by atoms with Gasteiger partial charge >= 0.3 is 7.60 Å². The van der Waals surface area contributed by atoms with Crippen LogP contribution in [0.4, 0.5) is 0 Å². The second-order valence-electron chi connectivity index (χ2n) is 4.30. The summed E-state index contributed by atoms with van der Waals surface area (Å²) in [6.07, 6.45) is 0. The fraction of sp³-hybridized carbons (Fsp3) is 0.571. The average molecular weight is 286 g/mol. The van der Waals surface area contributed by atoms with Crippen LogP contribution in [0.5, 0.6) is 5.75 Å². The lowest BCUT2D eigenvalue weighted by atomic mass is 10.1. The van der Waals surface area contributed by atoms with Gasteiger partial charge in [-0.3, -0.25) is 4.57 Å². The SMILES string of the molecule is CCOP(=O)(OCC)C(C)c1cc(C)ccc1OC. The van der Waals surface area contributed by atoms with Crippen LogP contribution in [0.3, 0.4) is 0 Å². The normalized spacial score (nSPS) is 13.3. The Kier molecular flexibility index (Phi) is 6.05. The molecule has 0 aliphatic rings. The summed E-state index contributed by atoms with van der Waals surface area (Å²) in [7, 11) is -1.57. The van der Waals surface area contributed by atoms with E-state index in [-0.39, 0.29) is 5.66 Å². The van der Waals surface area contributed by atoms with Crippen molar-refractivity contribution in [2.24, 2.45) is 0 Å². The summed E-state index contributed by atoms with van der Waals surface area (Å²) >= 11 is 0. The van der Waals surface area contributed by atoms with Gasteiger partial charge in [0.05, 0.1) is 26.0 Å². The minimum atomic E-state index is -3.17. The molecule has 1 aromatic rings. The van der Waals surface area contributed by atoms with Crippen molar-refractivity contribution in [2.75, 3.05) is 20.3 Å². The zero-order chi connectivity index (χ0) is 14.5. The van der Waals surface area contributed by atoms with Gasteiger partial charge in [-0.25, -0.2) is 0 Å². The molecule has 1 rings (SSSR count). The van der Waals surface area contributed by atoms with Crippen LogP contribution in [0.15, 0.2) is 18.2 Å². The van der Waals surface area contributed by atoms with Crippen LogP contribution in [0.1, 0.15) is 37.6 Å². The smallest absolute Gasteiger partial charge is 0.337 e. The fourth-order valence-electron chi connectivity index (χ4n) is 1.97. The van der Waals surface area contributed by atoms with Gasteiger partial charge in [-0.1, -0.05) is 17.7 Å². The Morgan fingerprint density at radius 2 is 1.79 bits per heavy atom. The number of benzene rings is 1. The molecule has 0 heterocycles. The molecule has 0 fully saturated rings. The van der Waals surface area contributed by atoms with Gasteiger partial charge in [-0.05, 0) is 33.8 Å². The average Bonchev–Trinajstić information content (AvgIpc) is 2.38. The van der Waals surface area contributed by atoms with Gasteiger partial charge in [-0.15, -0.1) is 0 Å². The number of hydrogen-bond donors (Lipinski definition) is 0. The summed E-state index contributed by atoms with van der Waals surface area (Å²) in [6.45, 7) is 8.18. The van der Waals surface area contributed by atoms with E-state index in [1.54, 1.807) is 7.11 Å². The van der Waals surface area contributed by atoms with Crippen molar-refractivity contribution in [3.8, 4) is 5.75 Å². The third-order valence-corrected chi connectivity index (χ3v) is 5.39. The number of rotatable bonds is 7. The molecule has 0 saturated heterocycles. The Bertz CT molecular complexity index is 449. The van der Waals surface area contributed by atoms with Gasteiger partial charge in [0.2, 0.25) is 0 Å². The van der Waals surface area contributed by atoms with Crippen molar-refractivity contribution in [3.05, 3.63) is 29.3 Å². The second kappa shape index (κ2) is 7.09. The standard InChI is InChI=1S/C14H23O4P/c1-6-17-19(15,18-7-2)12(4)13-10-11(3)8-9-14(13)16-5/h8-10,12H,6-7H2,1-5H3. The van der Waals surface area contributed by atoms with E-state index < -0.39 is 7.60 Å². The molecule has 0 N–H and O–H groups in total. The van der Waals surface area contributed by atoms with Gasteiger partial charge < -0.3 is 13.8 Å². The molecule has 1 unspecified atom stereocenters. The van der Waals surface area contributed by atoms with Gasteiger partial charge in [0.15, 0.2) is 0 Å². The van der Waals surface area contributed by atoms with Crippen LogP contribution in [0.25, 0.3) is 0 Å². The molecular formula is C14H23O4P. The molecule has 0 radical (unpaired) electrons. The molecule has 19 heavy (non-hydrogen) atoms. The van der Waals surface area contributed by atoms with Gasteiger partial charge in [0, 0.05) is 5.56 Å². The predicted octanol–water partition coefficient (Wildman–Crippen LogP) is 4.33. The van der Waals surface area contributed by atoms with Crippen molar-refractivity contribution in [1.82, 2.24) is 0 Å². The Labute approximate surface area is 115 Å². The van der Waals surface area contributed by atoms with E-state index in [2.05, 4.69) is 0 Å². The first-order chi connectivity index (χ1) is 8.98. The van der Waals surface area contributed by atoms with E-state index in [0.29, 0.717) is 19.0 Å². The maximum absolute atomic E-state index is 12.8. The van der Waals surface area contributed by atoms with E-state index in [1.165, 1.54) is 0 Å². The van der Waals surface area contributed by atoms with Crippen LogP contribution >= 0.6 is 7.60 Å². The Balaban J connectivity index is 3.19. The van der Waals surface area contributed by atoms with Crippen molar-refractivity contribution in [3.63, 3.8) is 0 Å². The highest BCUT2D eigenvalue weighted by Crippen LogP contribution is 2.61. The summed E-state index contributed by atoms with van der Waals surface area (Å²) in [4.78, 5) is 0. The molecule has 0 aliphatic heterocycles. The number of hydrogen-bond acceptors (Lipinski definition) is 4. The van der Waals surface area contributed by atoms with Crippen LogP contribution in [-0.4, -0.2) is 20.3 Å². The lowest BCUT2D eigenvalue weighted by Crippen LogP contribution is -2.05. The number of methoxy groups -OCH3 is 1. The topological polar surface area (TPSA) is 44.8 Å². The Morgan fingerprint density at radius 1 is 1.21 bits per heavy atom. The number of aryl methyl sites for hydroxylation is 1. The maximum atomic E-state index is 12.8. The molecule has 0 saturated carbocycles. The quantitative estimate of drug-likeness (QED) is 0.700. The Morgan fingerprint density at radius 3 is 2.26 bits per heavy atom. The minimum absolute atomic E-state index is 0.357. The highest BCUT2D eigenvalue weighted by atomic mass is 31.2. The molecule has 1 atom stereocenters. The van der Waals surface area contributed by atoms with E-state index in [9.17, 15) is 4.57 Å². The van der Waals surface area contributed by atoms with E-state index >= 15 is 0 Å². The first kappa shape index (κ1) is 16.2. The summed E-state index contributed by atoms with van der Waals surface area (Å²) in [5.41, 5.74) is 1.58. The lowest BCUT2D eigenvalue weighted by molar-refractivity contribution is 0.213. The maximum Gasteiger partial charge on any atom is 0.337 e. The zero-order valence-corrected chi connectivity index (χ0v) is 13.2. The molecule has 108 valence electrons. The molecule has 4 nitrogen and oxygen atoms in total. The first-order valence-corrected chi connectivity index (χ1v) is 8.13. The molecule has 0 aromatic heterocycles. The highest BCUT2D eigenvalue weighted by Gasteiger charge is 2.34. The molecule has 0 bridgehead atoms. The van der Waals surface area contributed by atoms with Crippen LogP contribution in [0, 0.1) is 6.92 Å². The molecule has 5 heteroatoms. The van der Waals surface area contributed by atoms with Crippen molar-refractivity contribution in [1.29, 1.82) is 0 Å². The number of ether oxygens (including phenoxy) is 1. The third-order valence-electron chi connectivity index (χ3n) is 2.93. The molecule has 1 aromatic carbocycles. The van der Waals surface area contributed by atoms with Crippen molar-refractivity contribution < 1.29 is 18.3 Å². The predicted molar refractivity (Wildman–Crippen MR) is 77.0 cm³/mol. The van der Waals surface area contributed by atoms with Gasteiger partial charge in [-0.2, -0.15) is 0 Å². The minimum Gasteiger partial charge on any atom is -0.496 e. The lowest BCUT2D eigenvalue weighted by Gasteiger charge is -2.25. The summed E-state index contributed by atoms with van der Waals surface area (Å²) < 4.78 is 28.9. The monoisotopic (exact) mass is 286 g/mol. The van der Waals surface area contributed by atoms with Crippen molar-refractivity contribution in [2.45, 2.75) is 33.4 Å². The highest BCUT2D eigenvalue weighted by molar-refractivity contribution is 7.54. The largest absolute Gasteiger partial charge is 0.496 e. The summed E-state index contributed by atoms with van der Waals surface area (Å²) in [6, 6.07) is 5.80. The molecular weight excluding hydrogens is 263 g/mol. The molecule has 0 spiro atoms. The van der Waals surface area contributed by atoms with Gasteiger partial charge in [0.25, 0.3) is 0 Å². The molecule has 0 aliphatic carbocycles. The van der Waals surface area contributed by atoms with E-state index in [1.807, 2.05) is 45.9 Å². The molecule has 0 amide bonds. The zero-order valence-electron chi connectivity index (χ0n) is 12.3. The van der Waals surface area contributed by atoms with Crippen LogP contribution in [0.2, 0.25) is 0 Å². The van der Waals surface area contributed by atoms with Crippen LogP contribution in [-0.2, 0) is 13.6 Å². The summed E-state index contributed by atoms with van der Waals surface area (Å²) in [5.74, 6) is 0.706. The van der Waals surface area contributed by atoms with Crippen LogP contribution < -0.4 is 4.74 Å². The fourth-order valence-corrected chi connectivity index (χ4v) is 3.76. The van der Waals surface area contributed by atoms with E-state index in [0.717, 1.165) is 11.1 Å². The second-order valence-corrected chi connectivity index (χ2v) is 6.67. The van der Waals surface area contributed by atoms with Crippen molar-refractivity contribution >= 4 is 7.60 Å². The van der Waals surface area contributed by atoms with Gasteiger partial charge in [0.1, 0.15) is 5.75 Å². The summed E-state index contributed by atoms with van der Waals surface area (Å²) in [5, 5.41) is 0. The van der Waals surface area contributed by atoms with E-state index in [4.69, 9.17) is 13.8 Å². The Hall–Kier alpha value is -0.830.